The van der Waals surface area contributed by atoms with Gasteiger partial charge in [-0.3, -0.25) is 14.9 Å². The molecule has 1 aliphatic heterocycles. The van der Waals surface area contributed by atoms with Crippen LogP contribution in [0.3, 0.4) is 0 Å². The molecule has 1 fully saturated rings. The van der Waals surface area contributed by atoms with Gasteiger partial charge in [0.2, 0.25) is 0 Å². The van der Waals surface area contributed by atoms with Crippen LogP contribution in [0.25, 0.3) is 0 Å². The number of hydrogen-bond acceptors (Lipinski definition) is 5. The molecular formula is C20H20N2O5. The van der Waals surface area contributed by atoms with Crippen LogP contribution in [-0.2, 0) is 6.61 Å². The van der Waals surface area contributed by atoms with E-state index in [0.717, 1.165) is 11.1 Å². The zero-order valence-electron chi connectivity index (χ0n) is 15.0. The van der Waals surface area contributed by atoms with Crippen molar-refractivity contribution in [2.45, 2.75) is 13.0 Å². The maximum Gasteiger partial charge on any atom is 0.286 e. The molecule has 1 aliphatic rings. The van der Waals surface area contributed by atoms with E-state index in [9.17, 15) is 14.9 Å². The van der Waals surface area contributed by atoms with Gasteiger partial charge in [-0.1, -0.05) is 42.5 Å². The molecule has 3 rings (SSSR count). The summed E-state index contributed by atoms with van der Waals surface area (Å²) in [5.74, 6) is 0.0848. The largest absolute Gasteiger partial charge is 0.493 e. The van der Waals surface area contributed by atoms with Crippen LogP contribution in [0, 0.1) is 10.1 Å². The second-order valence-corrected chi connectivity index (χ2v) is 6.28. The molecule has 1 saturated heterocycles. The van der Waals surface area contributed by atoms with Gasteiger partial charge in [-0.05, 0) is 12.0 Å². The maximum atomic E-state index is 12.8. The Morgan fingerprint density at radius 2 is 2.00 bits per heavy atom. The fourth-order valence-corrected chi connectivity index (χ4v) is 2.94. The summed E-state index contributed by atoms with van der Waals surface area (Å²) in [6, 6.07) is 12.1. The van der Waals surface area contributed by atoms with Gasteiger partial charge in [0.25, 0.3) is 11.6 Å². The molecule has 0 atom stereocenters. The molecule has 0 radical (unpaired) electrons. The summed E-state index contributed by atoms with van der Waals surface area (Å²) in [6.07, 6.45) is 0.703. The van der Waals surface area contributed by atoms with Gasteiger partial charge < -0.3 is 14.4 Å². The number of amides is 1. The van der Waals surface area contributed by atoms with E-state index in [4.69, 9.17) is 9.47 Å². The Bertz CT molecular complexity index is 879. The van der Waals surface area contributed by atoms with E-state index < -0.39 is 10.8 Å². The van der Waals surface area contributed by atoms with Crippen molar-refractivity contribution >= 4 is 11.6 Å². The number of benzene rings is 2. The highest BCUT2D eigenvalue weighted by molar-refractivity contribution is 5.99. The van der Waals surface area contributed by atoms with Crippen molar-refractivity contribution in [1.82, 2.24) is 4.90 Å². The van der Waals surface area contributed by atoms with Crippen LogP contribution < -0.4 is 9.47 Å². The number of likely N-dealkylation sites (tertiary alicyclic amines) is 1. The van der Waals surface area contributed by atoms with Crippen LogP contribution in [0.4, 0.5) is 5.69 Å². The first-order valence-corrected chi connectivity index (χ1v) is 8.48. The summed E-state index contributed by atoms with van der Waals surface area (Å²) >= 11 is 0. The van der Waals surface area contributed by atoms with E-state index >= 15 is 0 Å². The predicted octanol–water partition coefficient (Wildman–Crippen LogP) is 3.58. The molecule has 7 heteroatoms. The van der Waals surface area contributed by atoms with Gasteiger partial charge >= 0.3 is 0 Å². The quantitative estimate of drug-likeness (QED) is 0.442. The van der Waals surface area contributed by atoms with Crippen molar-refractivity contribution < 1.29 is 19.2 Å². The Hall–Kier alpha value is -3.35. The number of hydrogen-bond donors (Lipinski definition) is 0. The van der Waals surface area contributed by atoms with Crippen molar-refractivity contribution in [3.63, 3.8) is 0 Å². The third-order valence-electron chi connectivity index (χ3n) is 4.38. The van der Waals surface area contributed by atoms with Crippen LogP contribution in [0.5, 0.6) is 11.5 Å². The minimum atomic E-state index is -0.576. The molecule has 7 nitrogen and oxygen atoms in total. The van der Waals surface area contributed by atoms with Crippen molar-refractivity contribution in [3.05, 3.63) is 75.9 Å². The summed E-state index contributed by atoms with van der Waals surface area (Å²) in [5, 5.41) is 11.6. The molecule has 1 heterocycles. The highest BCUT2D eigenvalue weighted by Crippen LogP contribution is 2.36. The SMILES string of the molecule is C=C1CCN(C(=O)c2cc(OC)c(OCc3ccccc3)cc2[N+](=O)[O-])C1. The van der Waals surface area contributed by atoms with Gasteiger partial charge in [0, 0.05) is 19.2 Å². The molecule has 0 saturated carbocycles. The number of nitrogens with zero attached hydrogens (tertiary/aromatic N) is 2. The molecule has 2 aromatic rings. The van der Waals surface area contributed by atoms with Gasteiger partial charge in [-0.2, -0.15) is 0 Å². The standard InChI is InChI=1S/C20H20N2O5/c1-14-8-9-21(12-14)20(23)16-10-18(26-2)19(11-17(16)22(24)25)27-13-15-6-4-3-5-7-15/h3-7,10-11H,1,8-9,12-13H2,2H3. The van der Waals surface area contributed by atoms with Crippen LogP contribution in [0.15, 0.2) is 54.6 Å². The molecule has 0 bridgehead atoms. The molecule has 140 valence electrons. The van der Waals surface area contributed by atoms with Gasteiger partial charge in [-0.15, -0.1) is 0 Å². The summed E-state index contributed by atoms with van der Waals surface area (Å²) < 4.78 is 11.0. The number of nitro benzene ring substituents is 1. The van der Waals surface area contributed by atoms with Crippen LogP contribution in [-0.4, -0.2) is 35.9 Å². The Balaban J connectivity index is 1.91. The molecule has 0 N–H and O–H groups in total. The van der Waals surface area contributed by atoms with Crippen LogP contribution in [0.1, 0.15) is 22.3 Å². The lowest BCUT2D eigenvalue weighted by Gasteiger charge is -2.17. The molecule has 1 amide bonds. The minimum absolute atomic E-state index is 0.0152. The maximum absolute atomic E-state index is 12.8. The predicted molar refractivity (Wildman–Crippen MR) is 100 cm³/mol. The van der Waals surface area contributed by atoms with E-state index in [-0.39, 0.29) is 29.4 Å². The Morgan fingerprint density at radius 3 is 2.59 bits per heavy atom. The smallest absolute Gasteiger partial charge is 0.286 e. The van der Waals surface area contributed by atoms with E-state index in [0.29, 0.717) is 19.5 Å². The van der Waals surface area contributed by atoms with Gasteiger partial charge in [-0.25, -0.2) is 0 Å². The second kappa shape index (κ2) is 7.90. The molecular weight excluding hydrogens is 348 g/mol. The first-order valence-electron chi connectivity index (χ1n) is 8.48. The van der Waals surface area contributed by atoms with E-state index in [1.807, 2.05) is 30.3 Å². The highest BCUT2D eigenvalue weighted by Gasteiger charge is 2.30. The second-order valence-electron chi connectivity index (χ2n) is 6.28. The van der Waals surface area contributed by atoms with E-state index in [2.05, 4.69) is 6.58 Å². The van der Waals surface area contributed by atoms with Crippen molar-refractivity contribution in [1.29, 1.82) is 0 Å². The Kier molecular flexibility index (Phi) is 5.40. The molecule has 2 aromatic carbocycles. The number of carbonyl (C=O) groups is 1. The monoisotopic (exact) mass is 368 g/mol. The van der Waals surface area contributed by atoms with Crippen molar-refractivity contribution in [2.75, 3.05) is 20.2 Å². The normalized spacial score (nSPS) is 13.5. The summed E-state index contributed by atoms with van der Waals surface area (Å²) in [6.45, 7) is 5.01. The lowest BCUT2D eigenvalue weighted by atomic mass is 10.1. The average molecular weight is 368 g/mol. The van der Waals surface area contributed by atoms with Gasteiger partial charge in [0.05, 0.1) is 18.1 Å². The topological polar surface area (TPSA) is 81.9 Å². The first kappa shape index (κ1) is 18.4. The fraction of sp³-hybridized carbons (Fsp3) is 0.250. The third kappa shape index (κ3) is 4.08. The van der Waals surface area contributed by atoms with Gasteiger partial charge in [0.1, 0.15) is 12.2 Å². The molecule has 0 unspecified atom stereocenters. The Morgan fingerprint density at radius 1 is 1.26 bits per heavy atom. The third-order valence-corrected chi connectivity index (χ3v) is 4.38. The summed E-state index contributed by atoms with van der Waals surface area (Å²) in [5.41, 5.74) is 1.53. The number of methoxy groups -OCH3 is 1. The molecule has 0 aliphatic carbocycles. The van der Waals surface area contributed by atoms with Crippen LogP contribution >= 0.6 is 0 Å². The summed E-state index contributed by atoms with van der Waals surface area (Å²) in [7, 11) is 1.43. The zero-order chi connectivity index (χ0) is 19.4. The fourth-order valence-electron chi connectivity index (χ4n) is 2.94. The number of nitro groups is 1. The number of rotatable bonds is 6. The molecule has 27 heavy (non-hydrogen) atoms. The Labute approximate surface area is 157 Å². The minimum Gasteiger partial charge on any atom is -0.493 e. The number of carbonyl (C=O) groups excluding carboxylic acids is 1. The lowest BCUT2D eigenvalue weighted by molar-refractivity contribution is -0.385. The summed E-state index contributed by atoms with van der Waals surface area (Å²) in [4.78, 5) is 25.3. The first-order chi connectivity index (χ1) is 13.0. The highest BCUT2D eigenvalue weighted by atomic mass is 16.6. The van der Waals surface area contributed by atoms with E-state index in [1.54, 1.807) is 4.90 Å². The van der Waals surface area contributed by atoms with Crippen molar-refractivity contribution in [3.8, 4) is 11.5 Å². The average Bonchev–Trinajstić information content (AvgIpc) is 3.12. The molecule has 0 aromatic heterocycles. The molecule has 0 spiro atoms. The van der Waals surface area contributed by atoms with Gasteiger partial charge in [0.15, 0.2) is 11.5 Å². The van der Waals surface area contributed by atoms with Crippen LogP contribution in [0.2, 0.25) is 0 Å². The zero-order valence-corrected chi connectivity index (χ0v) is 15.0. The van der Waals surface area contributed by atoms with E-state index in [1.165, 1.54) is 19.2 Å². The number of ether oxygens (including phenoxy) is 2. The van der Waals surface area contributed by atoms with Crippen molar-refractivity contribution in [2.24, 2.45) is 0 Å². The lowest BCUT2D eigenvalue weighted by Crippen LogP contribution is -2.28.